The van der Waals surface area contributed by atoms with E-state index in [1.807, 2.05) is 0 Å². The fourth-order valence-corrected chi connectivity index (χ4v) is 1.79. The van der Waals surface area contributed by atoms with E-state index in [1.165, 1.54) is 12.8 Å². The van der Waals surface area contributed by atoms with Crippen LogP contribution < -0.4 is 10.6 Å². The van der Waals surface area contributed by atoms with Gasteiger partial charge >= 0.3 is 6.09 Å². The molecule has 0 aliphatic carbocycles. The molecule has 1 amide bonds. The molecular formula is C11H22N2O3. The first kappa shape index (κ1) is 13.3. The van der Waals surface area contributed by atoms with Crippen molar-refractivity contribution in [2.45, 2.75) is 19.3 Å². The lowest BCUT2D eigenvalue weighted by molar-refractivity contribution is 0.130. The smallest absolute Gasteiger partial charge is 0.407 e. The van der Waals surface area contributed by atoms with Gasteiger partial charge in [0.2, 0.25) is 0 Å². The molecule has 0 unspecified atom stereocenters. The molecule has 5 nitrogen and oxygen atoms in total. The summed E-state index contributed by atoms with van der Waals surface area (Å²) < 4.78 is 9.88. The summed E-state index contributed by atoms with van der Waals surface area (Å²) in [6.07, 6.45) is 3.01. The molecule has 1 rings (SSSR count). The van der Waals surface area contributed by atoms with Gasteiger partial charge in [-0.15, -0.1) is 0 Å². The zero-order valence-corrected chi connectivity index (χ0v) is 9.96. The average molecular weight is 230 g/mol. The number of nitrogens with one attached hydrogen (secondary N) is 2. The number of rotatable bonds is 6. The van der Waals surface area contributed by atoms with Gasteiger partial charge in [-0.1, -0.05) is 0 Å². The molecule has 0 aromatic heterocycles. The molecule has 1 fully saturated rings. The van der Waals surface area contributed by atoms with Crippen LogP contribution >= 0.6 is 0 Å². The largest absolute Gasteiger partial charge is 0.450 e. The van der Waals surface area contributed by atoms with Crippen LogP contribution in [0.15, 0.2) is 0 Å². The van der Waals surface area contributed by atoms with Gasteiger partial charge in [0, 0.05) is 13.7 Å². The standard InChI is InChI=1S/C11H22N2O3/c1-15-9-7-13-11(14)16-8-4-10-2-5-12-6-3-10/h10,12H,2-9H2,1H3,(H,13,14). The molecule has 1 aliphatic heterocycles. The lowest BCUT2D eigenvalue weighted by Crippen LogP contribution is -2.30. The molecular weight excluding hydrogens is 208 g/mol. The Morgan fingerprint density at radius 3 is 2.81 bits per heavy atom. The molecule has 1 saturated heterocycles. The Morgan fingerprint density at radius 1 is 1.38 bits per heavy atom. The molecule has 0 spiro atoms. The Kier molecular flexibility index (Phi) is 6.92. The molecule has 94 valence electrons. The maximum Gasteiger partial charge on any atom is 0.407 e. The lowest BCUT2D eigenvalue weighted by atomic mass is 9.95. The Labute approximate surface area is 96.9 Å². The molecule has 5 heteroatoms. The van der Waals surface area contributed by atoms with E-state index in [1.54, 1.807) is 7.11 Å². The van der Waals surface area contributed by atoms with E-state index >= 15 is 0 Å². The zero-order chi connectivity index (χ0) is 11.6. The van der Waals surface area contributed by atoms with Crippen molar-refractivity contribution >= 4 is 6.09 Å². The van der Waals surface area contributed by atoms with Crippen molar-refractivity contribution in [3.63, 3.8) is 0 Å². The van der Waals surface area contributed by atoms with Crippen molar-refractivity contribution < 1.29 is 14.3 Å². The molecule has 0 saturated carbocycles. The molecule has 2 N–H and O–H groups in total. The van der Waals surface area contributed by atoms with Gasteiger partial charge in [-0.3, -0.25) is 0 Å². The Hall–Kier alpha value is -0.810. The zero-order valence-electron chi connectivity index (χ0n) is 9.96. The van der Waals surface area contributed by atoms with Crippen LogP contribution in [-0.4, -0.2) is 46.1 Å². The fourth-order valence-electron chi connectivity index (χ4n) is 1.79. The van der Waals surface area contributed by atoms with Gasteiger partial charge in [0.05, 0.1) is 13.2 Å². The fraction of sp³-hybridized carbons (Fsp3) is 0.909. The predicted molar refractivity (Wildman–Crippen MR) is 61.4 cm³/mol. The molecule has 0 atom stereocenters. The Bertz CT molecular complexity index is 194. The number of carbonyl (C=O) groups excluding carboxylic acids is 1. The molecule has 16 heavy (non-hydrogen) atoms. The van der Waals surface area contributed by atoms with E-state index in [0.29, 0.717) is 25.7 Å². The van der Waals surface area contributed by atoms with Crippen molar-refractivity contribution in [3.8, 4) is 0 Å². The van der Waals surface area contributed by atoms with E-state index in [2.05, 4.69) is 10.6 Å². The van der Waals surface area contributed by atoms with E-state index in [4.69, 9.17) is 9.47 Å². The highest BCUT2D eigenvalue weighted by Gasteiger charge is 2.13. The van der Waals surface area contributed by atoms with Crippen LogP contribution in [0.4, 0.5) is 4.79 Å². The average Bonchev–Trinajstić information content (AvgIpc) is 2.31. The van der Waals surface area contributed by atoms with Crippen molar-refractivity contribution in [2.75, 3.05) is 40.0 Å². The van der Waals surface area contributed by atoms with Crippen LogP contribution in [0.25, 0.3) is 0 Å². The van der Waals surface area contributed by atoms with Gasteiger partial charge in [0.15, 0.2) is 0 Å². The summed E-state index contributed by atoms with van der Waals surface area (Å²) in [5.41, 5.74) is 0. The molecule has 0 aromatic carbocycles. The number of methoxy groups -OCH3 is 1. The van der Waals surface area contributed by atoms with Crippen LogP contribution in [0.2, 0.25) is 0 Å². The number of carbonyl (C=O) groups is 1. The van der Waals surface area contributed by atoms with E-state index in [-0.39, 0.29) is 6.09 Å². The Morgan fingerprint density at radius 2 is 2.12 bits per heavy atom. The van der Waals surface area contributed by atoms with Crippen LogP contribution in [0.5, 0.6) is 0 Å². The first-order valence-electron chi connectivity index (χ1n) is 5.93. The molecule has 0 bridgehead atoms. The van der Waals surface area contributed by atoms with Crippen molar-refractivity contribution in [2.24, 2.45) is 5.92 Å². The maximum absolute atomic E-state index is 11.2. The van der Waals surface area contributed by atoms with Gasteiger partial charge in [-0.2, -0.15) is 0 Å². The minimum Gasteiger partial charge on any atom is -0.450 e. The van der Waals surface area contributed by atoms with E-state index < -0.39 is 0 Å². The summed E-state index contributed by atoms with van der Waals surface area (Å²) in [5.74, 6) is 0.702. The van der Waals surface area contributed by atoms with Gasteiger partial charge < -0.3 is 20.1 Å². The lowest BCUT2D eigenvalue weighted by Gasteiger charge is -2.22. The van der Waals surface area contributed by atoms with Crippen molar-refractivity contribution in [1.82, 2.24) is 10.6 Å². The normalized spacial score (nSPS) is 17.1. The summed E-state index contributed by atoms with van der Waals surface area (Å²) >= 11 is 0. The second-order valence-electron chi connectivity index (χ2n) is 4.04. The highest BCUT2D eigenvalue weighted by atomic mass is 16.5. The number of alkyl carbamates (subject to hydrolysis) is 1. The molecule has 1 heterocycles. The minimum atomic E-state index is -0.342. The van der Waals surface area contributed by atoms with Gasteiger partial charge in [-0.05, 0) is 38.3 Å². The van der Waals surface area contributed by atoms with Crippen LogP contribution in [0.1, 0.15) is 19.3 Å². The SMILES string of the molecule is COCCNC(=O)OCCC1CCNCC1. The molecule has 0 radical (unpaired) electrons. The summed E-state index contributed by atoms with van der Waals surface area (Å²) in [7, 11) is 1.60. The second-order valence-corrected chi connectivity index (χ2v) is 4.04. The highest BCUT2D eigenvalue weighted by molar-refractivity contribution is 5.66. The summed E-state index contributed by atoms with van der Waals surface area (Å²) in [6.45, 7) is 3.71. The first-order chi connectivity index (χ1) is 7.83. The van der Waals surface area contributed by atoms with Gasteiger partial charge in [0.25, 0.3) is 0 Å². The van der Waals surface area contributed by atoms with Crippen molar-refractivity contribution in [3.05, 3.63) is 0 Å². The minimum absolute atomic E-state index is 0.342. The van der Waals surface area contributed by atoms with Gasteiger partial charge in [-0.25, -0.2) is 4.79 Å². The van der Waals surface area contributed by atoms with Gasteiger partial charge in [0.1, 0.15) is 0 Å². The second kappa shape index (κ2) is 8.35. The monoisotopic (exact) mass is 230 g/mol. The number of ether oxygens (including phenoxy) is 2. The number of hydrogen-bond donors (Lipinski definition) is 2. The summed E-state index contributed by atoms with van der Waals surface area (Å²) in [5, 5.41) is 5.94. The first-order valence-corrected chi connectivity index (χ1v) is 5.93. The highest BCUT2D eigenvalue weighted by Crippen LogP contribution is 2.15. The van der Waals surface area contributed by atoms with Crippen LogP contribution in [-0.2, 0) is 9.47 Å². The maximum atomic E-state index is 11.2. The number of amides is 1. The van der Waals surface area contributed by atoms with E-state index in [9.17, 15) is 4.79 Å². The molecule has 0 aromatic rings. The third-order valence-corrected chi connectivity index (χ3v) is 2.79. The van der Waals surface area contributed by atoms with Crippen LogP contribution in [0.3, 0.4) is 0 Å². The Balaban J connectivity index is 1.94. The third-order valence-electron chi connectivity index (χ3n) is 2.79. The van der Waals surface area contributed by atoms with Crippen molar-refractivity contribution in [1.29, 1.82) is 0 Å². The molecule has 1 aliphatic rings. The predicted octanol–water partition coefficient (Wildman–Crippen LogP) is 0.749. The number of piperidine rings is 1. The third kappa shape index (κ3) is 5.92. The number of hydrogen-bond acceptors (Lipinski definition) is 4. The topological polar surface area (TPSA) is 59.6 Å². The van der Waals surface area contributed by atoms with E-state index in [0.717, 1.165) is 19.5 Å². The quantitative estimate of drug-likeness (QED) is 0.661. The van der Waals surface area contributed by atoms with Crippen LogP contribution in [0, 0.1) is 5.92 Å². The summed E-state index contributed by atoms with van der Waals surface area (Å²) in [4.78, 5) is 11.2. The summed E-state index contributed by atoms with van der Waals surface area (Å²) in [6, 6.07) is 0.